The van der Waals surface area contributed by atoms with Crippen LogP contribution in [-0.4, -0.2) is 25.5 Å². The van der Waals surface area contributed by atoms with E-state index >= 15 is 0 Å². The Hall–Kier alpha value is -0.870. The van der Waals surface area contributed by atoms with Crippen LogP contribution in [0.4, 0.5) is 0 Å². The zero-order chi connectivity index (χ0) is 11.0. The molecule has 0 spiro atoms. The van der Waals surface area contributed by atoms with Crippen LogP contribution < -0.4 is 0 Å². The van der Waals surface area contributed by atoms with Crippen LogP contribution in [0.25, 0.3) is 0 Å². The summed E-state index contributed by atoms with van der Waals surface area (Å²) in [5.74, 6) is 0.417. The van der Waals surface area contributed by atoms with Crippen molar-refractivity contribution in [3.8, 4) is 0 Å². The highest BCUT2D eigenvalue weighted by Gasteiger charge is 2.17. The fraction of sp³-hybridized carbons (Fsp3) is 0.700. The molecule has 1 fully saturated rings. The van der Waals surface area contributed by atoms with Crippen LogP contribution in [0.2, 0.25) is 0 Å². The van der Waals surface area contributed by atoms with E-state index in [0.29, 0.717) is 12.2 Å². The largest absolute Gasteiger partial charge is 0.431 e. The summed E-state index contributed by atoms with van der Waals surface area (Å²) in [6.07, 6.45) is 0.380. The molecule has 1 saturated heterocycles. The van der Waals surface area contributed by atoms with Gasteiger partial charge in [0, 0.05) is 13.2 Å². The molecule has 1 rings (SSSR count). The van der Waals surface area contributed by atoms with Crippen LogP contribution in [0, 0.1) is 0 Å². The predicted molar refractivity (Wildman–Crippen MR) is 52.6 cm³/mol. The zero-order valence-corrected chi connectivity index (χ0v) is 9.04. The Kier molecular flexibility index (Phi) is 7.06. The first-order chi connectivity index (χ1) is 6.60. The molecule has 4 nitrogen and oxygen atoms in total. The van der Waals surface area contributed by atoms with Gasteiger partial charge in [-0.2, -0.15) is 0 Å². The van der Waals surface area contributed by atoms with Crippen LogP contribution in [0.15, 0.2) is 12.3 Å². The molecule has 1 aliphatic rings. The van der Waals surface area contributed by atoms with E-state index in [-0.39, 0.29) is 12.3 Å². The molecule has 82 valence electrons. The third kappa shape index (κ3) is 6.62. The van der Waals surface area contributed by atoms with Crippen LogP contribution in [0.5, 0.6) is 0 Å². The first kappa shape index (κ1) is 13.1. The molecule has 4 heteroatoms. The number of hydrogen-bond donors (Lipinski definition) is 0. The van der Waals surface area contributed by atoms with Crippen LogP contribution >= 0.6 is 0 Å². The highest BCUT2D eigenvalue weighted by molar-refractivity contribution is 5.79. The van der Waals surface area contributed by atoms with Crippen molar-refractivity contribution in [1.29, 1.82) is 0 Å². The number of hydrogen-bond acceptors (Lipinski definition) is 4. The quantitative estimate of drug-likeness (QED) is 0.515. The second kappa shape index (κ2) is 7.53. The lowest BCUT2D eigenvalue weighted by Gasteiger charge is -2.12. The molecular formula is C10H18O4. The summed E-state index contributed by atoms with van der Waals surface area (Å²) in [4.78, 5) is 9.83. The fourth-order valence-corrected chi connectivity index (χ4v) is 0.831. The maximum absolute atomic E-state index is 9.83. The number of carbonyl (C=O) groups excluding carboxylic acids is 1. The lowest BCUT2D eigenvalue weighted by Crippen LogP contribution is -2.15. The number of carbonyl (C=O) groups is 1. The van der Waals surface area contributed by atoms with Gasteiger partial charge in [0.1, 0.15) is 12.2 Å². The second-order valence-corrected chi connectivity index (χ2v) is 2.67. The van der Waals surface area contributed by atoms with E-state index in [1.165, 1.54) is 0 Å². The van der Waals surface area contributed by atoms with Crippen molar-refractivity contribution >= 4 is 5.97 Å². The van der Waals surface area contributed by atoms with Crippen molar-refractivity contribution in [2.24, 2.45) is 0 Å². The second-order valence-electron chi connectivity index (χ2n) is 2.67. The van der Waals surface area contributed by atoms with Gasteiger partial charge >= 0.3 is 5.97 Å². The number of cyclic esters (lactones) is 1. The molecule has 0 aliphatic carbocycles. The lowest BCUT2D eigenvalue weighted by atomic mass is 10.3. The Morgan fingerprint density at radius 2 is 1.86 bits per heavy atom. The number of rotatable bonds is 4. The summed E-state index contributed by atoms with van der Waals surface area (Å²) >= 11 is 0. The Balaban J connectivity index is 0.000000249. The Bertz CT molecular complexity index is 161. The van der Waals surface area contributed by atoms with E-state index < -0.39 is 0 Å². The van der Waals surface area contributed by atoms with E-state index in [9.17, 15) is 4.79 Å². The maximum Gasteiger partial charge on any atom is 0.318 e. The summed E-state index contributed by atoms with van der Waals surface area (Å²) in [5, 5.41) is 0. The van der Waals surface area contributed by atoms with Crippen LogP contribution in [-0.2, 0) is 19.0 Å². The van der Waals surface area contributed by atoms with Gasteiger partial charge in [-0.1, -0.05) is 6.58 Å². The average Bonchev–Trinajstić information content (AvgIpc) is 2.04. The highest BCUT2D eigenvalue weighted by atomic mass is 16.7. The highest BCUT2D eigenvalue weighted by Crippen LogP contribution is 2.13. The van der Waals surface area contributed by atoms with Crippen LogP contribution in [0.3, 0.4) is 0 Å². The molecular weight excluding hydrogens is 184 g/mol. The molecule has 0 saturated carbocycles. The molecule has 0 aromatic carbocycles. The zero-order valence-electron chi connectivity index (χ0n) is 9.04. The predicted octanol–water partition coefficient (Wildman–Crippen LogP) is 1.85. The van der Waals surface area contributed by atoms with Gasteiger partial charge in [-0.05, 0) is 20.8 Å². The third-order valence-corrected chi connectivity index (χ3v) is 1.40. The third-order valence-electron chi connectivity index (χ3n) is 1.40. The SMILES string of the molecule is C=C1CC(=O)O1.CCOC(C)OCC. The van der Waals surface area contributed by atoms with Crippen LogP contribution in [0.1, 0.15) is 27.2 Å². The van der Waals surface area contributed by atoms with Gasteiger partial charge in [0.15, 0.2) is 6.29 Å². The molecule has 0 unspecified atom stereocenters. The van der Waals surface area contributed by atoms with Gasteiger partial charge in [-0.3, -0.25) is 4.79 Å². The Morgan fingerprint density at radius 3 is 2.00 bits per heavy atom. The molecule has 1 aliphatic heterocycles. The number of esters is 1. The smallest absolute Gasteiger partial charge is 0.318 e. The van der Waals surface area contributed by atoms with E-state index in [2.05, 4.69) is 11.3 Å². The summed E-state index contributed by atoms with van der Waals surface area (Å²) in [7, 11) is 0. The van der Waals surface area contributed by atoms with E-state index in [4.69, 9.17) is 9.47 Å². The molecule has 14 heavy (non-hydrogen) atoms. The van der Waals surface area contributed by atoms with Crippen molar-refractivity contribution in [2.75, 3.05) is 13.2 Å². The summed E-state index contributed by atoms with van der Waals surface area (Å²) in [6, 6.07) is 0. The molecule has 1 heterocycles. The van der Waals surface area contributed by atoms with Crippen molar-refractivity contribution < 1.29 is 19.0 Å². The fourth-order valence-electron chi connectivity index (χ4n) is 0.831. The first-order valence-corrected chi connectivity index (χ1v) is 4.71. The minimum Gasteiger partial charge on any atom is -0.431 e. The standard InChI is InChI=1S/C6H14O2.C4H4O2/c1-4-7-6(3)8-5-2;1-3-2-4(5)6-3/h6H,4-5H2,1-3H3;1-2H2. The Morgan fingerprint density at radius 1 is 1.43 bits per heavy atom. The van der Waals surface area contributed by atoms with Gasteiger partial charge in [-0.15, -0.1) is 0 Å². The van der Waals surface area contributed by atoms with Crippen molar-refractivity contribution in [1.82, 2.24) is 0 Å². The van der Waals surface area contributed by atoms with Gasteiger partial charge in [-0.25, -0.2) is 0 Å². The van der Waals surface area contributed by atoms with E-state index in [0.717, 1.165) is 13.2 Å². The maximum atomic E-state index is 9.83. The molecule has 0 radical (unpaired) electrons. The normalized spacial score (nSPS) is 14.3. The first-order valence-electron chi connectivity index (χ1n) is 4.71. The minimum absolute atomic E-state index is 0.0370. The topological polar surface area (TPSA) is 44.8 Å². The number of ether oxygens (including phenoxy) is 3. The van der Waals surface area contributed by atoms with E-state index in [1.54, 1.807) is 0 Å². The Labute approximate surface area is 84.8 Å². The van der Waals surface area contributed by atoms with Crippen molar-refractivity contribution in [3.63, 3.8) is 0 Å². The van der Waals surface area contributed by atoms with Gasteiger partial charge in [0.05, 0.1) is 0 Å². The van der Waals surface area contributed by atoms with Gasteiger partial charge < -0.3 is 14.2 Å². The van der Waals surface area contributed by atoms with Gasteiger partial charge in [0.2, 0.25) is 0 Å². The molecule has 0 N–H and O–H groups in total. The molecule has 0 bridgehead atoms. The monoisotopic (exact) mass is 202 g/mol. The van der Waals surface area contributed by atoms with Crippen molar-refractivity contribution in [3.05, 3.63) is 12.3 Å². The molecule has 0 amide bonds. The van der Waals surface area contributed by atoms with Crippen molar-refractivity contribution in [2.45, 2.75) is 33.5 Å². The summed E-state index contributed by atoms with van der Waals surface area (Å²) < 4.78 is 14.4. The van der Waals surface area contributed by atoms with Gasteiger partial charge in [0.25, 0.3) is 0 Å². The molecule has 0 aromatic heterocycles. The minimum atomic E-state index is -0.167. The molecule has 0 aromatic rings. The molecule has 0 atom stereocenters. The lowest BCUT2D eigenvalue weighted by molar-refractivity contribution is -0.148. The van der Waals surface area contributed by atoms with E-state index in [1.807, 2.05) is 20.8 Å². The average molecular weight is 202 g/mol. The summed E-state index contributed by atoms with van der Waals surface area (Å²) in [6.45, 7) is 10.6. The summed E-state index contributed by atoms with van der Waals surface area (Å²) in [5.41, 5.74) is 0.